The quantitative estimate of drug-likeness (QED) is 0.627. The van der Waals surface area contributed by atoms with Gasteiger partial charge in [0.2, 0.25) is 0 Å². The monoisotopic (exact) mass is 388 g/mol. The first-order valence-corrected chi connectivity index (χ1v) is 8.83. The van der Waals surface area contributed by atoms with E-state index in [9.17, 15) is 13.2 Å². The van der Waals surface area contributed by atoms with E-state index in [1.165, 1.54) is 12.1 Å². The molecule has 28 heavy (non-hydrogen) atoms. The minimum absolute atomic E-state index is 0.261. The number of hydrogen-bond acceptors (Lipinski definition) is 3. The van der Waals surface area contributed by atoms with E-state index in [1.807, 2.05) is 42.7 Å². The van der Waals surface area contributed by atoms with Crippen LogP contribution in [0.4, 0.5) is 18.9 Å². The molecule has 1 aliphatic heterocycles. The number of nitrogens with zero attached hydrogens (tertiary/aromatic N) is 2. The normalized spacial score (nSPS) is 17.1. The van der Waals surface area contributed by atoms with Crippen LogP contribution in [0.25, 0.3) is 5.69 Å². The number of rotatable bonds is 4. The molecule has 4 rings (SSSR count). The maximum absolute atomic E-state index is 12.8. The van der Waals surface area contributed by atoms with Crippen molar-refractivity contribution < 1.29 is 22.6 Å². The summed E-state index contributed by atoms with van der Waals surface area (Å²) in [5, 5.41) is 0. The van der Waals surface area contributed by atoms with E-state index < -0.39 is 11.7 Å². The van der Waals surface area contributed by atoms with Crippen LogP contribution in [0.5, 0.6) is 5.75 Å². The minimum atomic E-state index is -4.34. The van der Waals surface area contributed by atoms with Crippen LogP contribution < -0.4 is 9.64 Å². The molecule has 1 saturated heterocycles. The average molecular weight is 388 g/mol. The summed E-state index contributed by atoms with van der Waals surface area (Å²) in [7, 11) is 1.63. The van der Waals surface area contributed by atoms with E-state index in [4.69, 9.17) is 9.47 Å². The Morgan fingerprint density at radius 3 is 2.54 bits per heavy atom. The molecule has 1 aliphatic rings. The summed E-state index contributed by atoms with van der Waals surface area (Å²) in [5.41, 5.74) is 1.92. The van der Waals surface area contributed by atoms with E-state index in [0.29, 0.717) is 12.3 Å². The Kier molecular flexibility index (Phi) is 4.77. The largest absolute Gasteiger partial charge is 0.497 e. The number of anilines is 1. The van der Waals surface area contributed by atoms with Crippen molar-refractivity contribution >= 4 is 5.69 Å². The van der Waals surface area contributed by atoms with E-state index in [2.05, 4.69) is 4.90 Å². The molecule has 0 spiro atoms. The van der Waals surface area contributed by atoms with Crippen molar-refractivity contribution in [3.8, 4) is 11.4 Å². The van der Waals surface area contributed by atoms with Crippen molar-refractivity contribution in [1.29, 1.82) is 0 Å². The first-order chi connectivity index (χ1) is 13.5. The minimum Gasteiger partial charge on any atom is -0.497 e. The lowest BCUT2D eigenvalue weighted by Gasteiger charge is -2.25. The first-order valence-electron chi connectivity index (χ1n) is 8.83. The molecule has 1 atom stereocenters. The summed E-state index contributed by atoms with van der Waals surface area (Å²) in [6, 6.07) is 14.8. The molecule has 2 heterocycles. The molecular weight excluding hydrogens is 369 g/mol. The van der Waals surface area contributed by atoms with E-state index in [-0.39, 0.29) is 6.23 Å². The van der Waals surface area contributed by atoms with Gasteiger partial charge in [0.25, 0.3) is 0 Å². The zero-order valence-electron chi connectivity index (χ0n) is 15.2. The summed E-state index contributed by atoms with van der Waals surface area (Å²) in [6.07, 6.45) is -0.896. The van der Waals surface area contributed by atoms with Crippen LogP contribution in [0.3, 0.4) is 0 Å². The number of alkyl halides is 3. The molecule has 3 aromatic rings. The molecule has 4 nitrogen and oxygen atoms in total. The van der Waals surface area contributed by atoms with Crippen LogP contribution in [0.2, 0.25) is 0 Å². The lowest BCUT2D eigenvalue weighted by molar-refractivity contribution is -0.137. The Hall–Kier alpha value is -2.93. The van der Waals surface area contributed by atoms with Crippen LogP contribution in [0, 0.1) is 0 Å². The second-order valence-electron chi connectivity index (χ2n) is 6.51. The van der Waals surface area contributed by atoms with Crippen LogP contribution in [0.15, 0.2) is 67.0 Å². The number of methoxy groups -OCH3 is 1. The molecule has 0 bridgehead atoms. The van der Waals surface area contributed by atoms with Gasteiger partial charge in [0.15, 0.2) is 6.23 Å². The smallest absolute Gasteiger partial charge is 0.416 e. The third-order valence-corrected chi connectivity index (χ3v) is 4.77. The predicted octanol–water partition coefficient (Wildman–Crippen LogP) is 5.04. The summed E-state index contributed by atoms with van der Waals surface area (Å²) in [6.45, 7) is 1.33. The molecule has 0 N–H and O–H groups in total. The maximum Gasteiger partial charge on any atom is 0.416 e. The molecule has 1 aromatic heterocycles. The zero-order chi connectivity index (χ0) is 19.7. The lowest BCUT2D eigenvalue weighted by Crippen LogP contribution is -2.22. The molecular formula is C21H19F3N2O2. The molecule has 7 heteroatoms. The Morgan fingerprint density at radius 1 is 1.04 bits per heavy atom. The van der Waals surface area contributed by atoms with E-state index in [0.717, 1.165) is 35.7 Å². The van der Waals surface area contributed by atoms with Gasteiger partial charge in [0.1, 0.15) is 5.75 Å². The highest BCUT2D eigenvalue weighted by Gasteiger charge is 2.30. The van der Waals surface area contributed by atoms with Crippen LogP contribution >= 0.6 is 0 Å². The molecule has 1 unspecified atom stereocenters. The number of halogens is 3. The second kappa shape index (κ2) is 7.24. The fourth-order valence-corrected chi connectivity index (χ4v) is 3.34. The highest BCUT2D eigenvalue weighted by Crippen LogP contribution is 2.34. The molecule has 0 aliphatic carbocycles. The molecule has 1 fully saturated rings. The Balaban J connectivity index is 1.58. The maximum atomic E-state index is 12.8. The second-order valence-corrected chi connectivity index (χ2v) is 6.51. The summed E-state index contributed by atoms with van der Waals surface area (Å²) in [5.74, 6) is 0.769. The standard InChI is InChI=1S/C21H19F3N2O2/c1-27-19-4-2-3-18(13-19)26-11-12-28-20(26)15-9-10-25(14-15)17-7-5-16(6-8-17)21(22,23)24/h2-10,13-14,20H,11-12H2,1H3. The highest BCUT2D eigenvalue weighted by molar-refractivity contribution is 5.53. The third-order valence-electron chi connectivity index (χ3n) is 4.77. The fraction of sp³-hybridized carbons (Fsp3) is 0.238. The zero-order valence-corrected chi connectivity index (χ0v) is 15.2. The van der Waals surface area contributed by atoms with Gasteiger partial charge >= 0.3 is 6.18 Å². The van der Waals surface area contributed by atoms with Gasteiger partial charge < -0.3 is 18.9 Å². The molecule has 0 radical (unpaired) electrons. The van der Waals surface area contributed by atoms with Crippen LogP contribution in [-0.2, 0) is 10.9 Å². The van der Waals surface area contributed by atoms with Gasteiger partial charge in [-0.2, -0.15) is 13.2 Å². The van der Waals surface area contributed by atoms with Gasteiger partial charge in [0, 0.05) is 41.9 Å². The molecule has 146 valence electrons. The van der Waals surface area contributed by atoms with Gasteiger partial charge in [-0.25, -0.2) is 0 Å². The first kappa shape index (κ1) is 18.4. The van der Waals surface area contributed by atoms with Crippen molar-refractivity contribution in [2.75, 3.05) is 25.2 Å². The van der Waals surface area contributed by atoms with Crippen molar-refractivity contribution in [2.24, 2.45) is 0 Å². The SMILES string of the molecule is COc1cccc(N2CCOC2c2ccn(-c3ccc(C(F)(F)F)cc3)c2)c1. The lowest BCUT2D eigenvalue weighted by atomic mass is 10.2. The molecule has 2 aromatic carbocycles. The van der Waals surface area contributed by atoms with E-state index >= 15 is 0 Å². The van der Waals surface area contributed by atoms with Gasteiger partial charge in [-0.1, -0.05) is 6.07 Å². The number of aromatic nitrogens is 1. The van der Waals surface area contributed by atoms with Gasteiger partial charge in [-0.05, 0) is 42.5 Å². The fourth-order valence-electron chi connectivity index (χ4n) is 3.34. The van der Waals surface area contributed by atoms with E-state index in [1.54, 1.807) is 11.7 Å². The highest BCUT2D eigenvalue weighted by atomic mass is 19.4. The van der Waals surface area contributed by atoms with Gasteiger partial charge in [-0.15, -0.1) is 0 Å². The topological polar surface area (TPSA) is 26.6 Å². The molecule has 0 amide bonds. The van der Waals surface area contributed by atoms with Crippen molar-refractivity contribution in [3.63, 3.8) is 0 Å². The van der Waals surface area contributed by atoms with Crippen molar-refractivity contribution in [3.05, 3.63) is 78.1 Å². The van der Waals surface area contributed by atoms with Crippen LogP contribution in [0.1, 0.15) is 17.4 Å². The molecule has 0 saturated carbocycles. The summed E-state index contributed by atoms with van der Waals surface area (Å²) >= 11 is 0. The predicted molar refractivity (Wildman–Crippen MR) is 99.8 cm³/mol. The number of benzene rings is 2. The van der Waals surface area contributed by atoms with Crippen LogP contribution in [-0.4, -0.2) is 24.8 Å². The Bertz CT molecular complexity index is 951. The average Bonchev–Trinajstić information content (AvgIpc) is 3.37. The summed E-state index contributed by atoms with van der Waals surface area (Å²) < 4.78 is 51.3. The van der Waals surface area contributed by atoms with Crippen molar-refractivity contribution in [1.82, 2.24) is 4.57 Å². The number of ether oxygens (including phenoxy) is 2. The third kappa shape index (κ3) is 3.57. The summed E-state index contributed by atoms with van der Waals surface area (Å²) in [4.78, 5) is 2.13. The van der Waals surface area contributed by atoms with Gasteiger partial charge in [0.05, 0.1) is 19.3 Å². The Labute approximate surface area is 160 Å². The Morgan fingerprint density at radius 2 is 1.82 bits per heavy atom. The van der Waals surface area contributed by atoms with Crippen molar-refractivity contribution in [2.45, 2.75) is 12.4 Å². The number of hydrogen-bond donors (Lipinski definition) is 0. The van der Waals surface area contributed by atoms with Gasteiger partial charge in [-0.3, -0.25) is 0 Å².